The summed E-state index contributed by atoms with van der Waals surface area (Å²) in [6.45, 7) is 3.10. The summed E-state index contributed by atoms with van der Waals surface area (Å²) in [5.74, 6) is 0. The van der Waals surface area contributed by atoms with E-state index in [9.17, 15) is 0 Å². The first kappa shape index (κ1) is 6.07. The first-order valence-corrected chi connectivity index (χ1v) is 3.58. The Morgan fingerprint density at radius 3 is 2.88 bits per heavy atom. The summed E-state index contributed by atoms with van der Waals surface area (Å²) in [6, 6.07) is 0. The van der Waals surface area contributed by atoms with Gasteiger partial charge in [0, 0.05) is 12.7 Å². The predicted octanol–water partition coefficient (Wildman–Crippen LogP) is 1.51. The third kappa shape index (κ3) is 1.21. The van der Waals surface area contributed by atoms with Crippen LogP contribution in [-0.4, -0.2) is 9.55 Å². The van der Waals surface area contributed by atoms with Gasteiger partial charge in [-0.2, -0.15) is 0 Å². The topological polar surface area (TPSA) is 17.8 Å². The Morgan fingerprint density at radius 1 is 1.88 bits per heavy atom. The van der Waals surface area contributed by atoms with Gasteiger partial charge in [-0.05, 0) is 29.5 Å². The highest BCUT2D eigenvalue weighted by Gasteiger charge is 1.87. The molecule has 0 fully saturated rings. The molecule has 0 aliphatic carbocycles. The number of imidazole rings is 1. The zero-order valence-electron chi connectivity index (χ0n) is 4.63. The van der Waals surface area contributed by atoms with Crippen LogP contribution >= 0.6 is 22.6 Å². The molecule has 1 aromatic heterocycles. The molecule has 0 unspecified atom stereocenters. The summed E-state index contributed by atoms with van der Waals surface area (Å²) >= 11 is 2.19. The Bertz CT molecular complexity index is 171. The molecule has 0 bridgehead atoms. The maximum Gasteiger partial charge on any atom is 0.119 e. The molecular weight excluding hydrogens is 215 g/mol. The number of nitrogens with zero attached hydrogens (tertiary/aromatic N) is 2. The Kier molecular flexibility index (Phi) is 1.88. The van der Waals surface area contributed by atoms with E-state index in [1.54, 1.807) is 0 Å². The van der Waals surface area contributed by atoms with E-state index in [0.29, 0.717) is 0 Å². The third-order valence-corrected chi connectivity index (χ3v) is 1.52. The van der Waals surface area contributed by atoms with E-state index < -0.39 is 0 Å². The van der Waals surface area contributed by atoms with Crippen molar-refractivity contribution in [2.24, 2.45) is 0 Å². The maximum absolute atomic E-state index is 4.04. The molecule has 0 aliphatic rings. The van der Waals surface area contributed by atoms with Gasteiger partial charge in [0.1, 0.15) is 3.70 Å². The minimum Gasteiger partial charge on any atom is -0.337 e. The SMILES string of the molecule is CCn1cnc(I)c1. The van der Waals surface area contributed by atoms with E-state index in [-0.39, 0.29) is 0 Å². The van der Waals surface area contributed by atoms with Crippen molar-refractivity contribution in [1.82, 2.24) is 9.55 Å². The van der Waals surface area contributed by atoms with Crippen LogP contribution in [0.5, 0.6) is 0 Å². The fourth-order valence-corrected chi connectivity index (χ4v) is 0.988. The second-order valence-electron chi connectivity index (χ2n) is 1.53. The highest BCUT2D eigenvalue weighted by Crippen LogP contribution is 1.98. The molecule has 0 aromatic carbocycles. The Balaban J connectivity index is 2.84. The van der Waals surface area contributed by atoms with E-state index in [4.69, 9.17) is 0 Å². The molecule has 0 atom stereocenters. The van der Waals surface area contributed by atoms with Gasteiger partial charge >= 0.3 is 0 Å². The fraction of sp³-hybridized carbons (Fsp3) is 0.400. The van der Waals surface area contributed by atoms with E-state index in [1.807, 2.05) is 17.1 Å². The molecule has 44 valence electrons. The van der Waals surface area contributed by atoms with Crippen LogP contribution in [0.3, 0.4) is 0 Å². The van der Waals surface area contributed by atoms with Gasteiger partial charge in [0.2, 0.25) is 0 Å². The quantitative estimate of drug-likeness (QED) is 0.658. The number of rotatable bonds is 1. The van der Waals surface area contributed by atoms with Crippen LogP contribution in [0, 0.1) is 3.70 Å². The first-order valence-electron chi connectivity index (χ1n) is 2.50. The van der Waals surface area contributed by atoms with Gasteiger partial charge < -0.3 is 4.57 Å². The molecule has 0 spiro atoms. The molecule has 1 rings (SSSR count). The number of aryl methyl sites for hydroxylation is 1. The number of hydrogen-bond acceptors (Lipinski definition) is 1. The highest BCUT2D eigenvalue weighted by molar-refractivity contribution is 14.1. The zero-order chi connectivity index (χ0) is 5.98. The lowest BCUT2D eigenvalue weighted by atomic mass is 10.7. The molecule has 1 aromatic rings. The standard InChI is InChI=1S/C5H7IN2/c1-2-8-3-5(6)7-4-8/h3-4H,2H2,1H3. The Labute approximate surface area is 62.1 Å². The molecule has 2 nitrogen and oxygen atoms in total. The van der Waals surface area contributed by atoms with Crippen molar-refractivity contribution in [2.75, 3.05) is 0 Å². The minimum atomic E-state index is 1.01. The van der Waals surface area contributed by atoms with Crippen LogP contribution in [0.1, 0.15) is 6.92 Å². The number of aromatic nitrogens is 2. The van der Waals surface area contributed by atoms with Crippen LogP contribution < -0.4 is 0 Å². The molecule has 0 saturated carbocycles. The Hall–Kier alpha value is -0.0600. The fourth-order valence-electron chi connectivity index (χ4n) is 0.506. The molecular formula is C5H7IN2. The van der Waals surface area contributed by atoms with Crippen LogP contribution in [0.15, 0.2) is 12.5 Å². The van der Waals surface area contributed by atoms with Gasteiger partial charge in [0.25, 0.3) is 0 Å². The van der Waals surface area contributed by atoms with E-state index in [1.165, 1.54) is 0 Å². The minimum absolute atomic E-state index is 1.01. The molecule has 0 saturated heterocycles. The number of halogens is 1. The van der Waals surface area contributed by atoms with Crippen LogP contribution in [0.4, 0.5) is 0 Å². The predicted molar refractivity (Wildman–Crippen MR) is 40.6 cm³/mol. The van der Waals surface area contributed by atoms with Crippen molar-refractivity contribution >= 4 is 22.6 Å². The summed E-state index contributed by atoms with van der Waals surface area (Å²) in [4.78, 5) is 4.04. The monoisotopic (exact) mass is 222 g/mol. The van der Waals surface area contributed by atoms with Crippen molar-refractivity contribution in [3.8, 4) is 0 Å². The highest BCUT2D eigenvalue weighted by atomic mass is 127. The van der Waals surface area contributed by atoms with E-state index in [0.717, 1.165) is 10.2 Å². The van der Waals surface area contributed by atoms with Crippen LogP contribution in [-0.2, 0) is 6.54 Å². The molecule has 8 heavy (non-hydrogen) atoms. The average molecular weight is 222 g/mol. The van der Waals surface area contributed by atoms with E-state index >= 15 is 0 Å². The molecule has 0 N–H and O–H groups in total. The van der Waals surface area contributed by atoms with Gasteiger partial charge in [-0.3, -0.25) is 0 Å². The van der Waals surface area contributed by atoms with Crippen LogP contribution in [0.25, 0.3) is 0 Å². The largest absolute Gasteiger partial charge is 0.337 e. The molecule has 1 heterocycles. The van der Waals surface area contributed by atoms with Gasteiger partial charge in [0.05, 0.1) is 6.33 Å². The van der Waals surface area contributed by atoms with Crippen molar-refractivity contribution in [2.45, 2.75) is 13.5 Å². The van der Waals surface area contributed by atoms with Crippen molar-refractivity contribution in [3.05, 3.63) is 16.2 Å². The van der Waals surface area contributed by atoms with Gasteiger partial charge in [-0.25, -0.2) is 4.98 Å². The Morgan fingerprint density at radius 2 is 2.62 bits per heavy atom. The second kappa shape index (κ2) is 2.48. The van der Waals surface area contributed by atoms with Crippen LogP contribution in [0.2, 0.25) is 0 Å². The second-order valence-corrected chi connectivity index (χ2v) is 2.63. The summed E-state index contributed by atoms with van der Waals surface area (Å²) in [7, 11) is 0. The van der Waals surface area contributed by atoms with Crippen molar-refractivity contribution < 1.29 is 0 Å². The summed E-state index contributed by atoms with van der Waals surface area (Å²) in [5, 5.41) is 0. The lowest BCUT2D eigenvalue weighted by Gasteiger charge is -1.88. The van der Waals surface area contributed by atoms with Crippen molar-refractivity contribution in [3.63, 3.8) is 0 Å². The summed E-state index contributed by atoms with van der Waals surface area (Å²) in [5.41, 5.74) is 0. The summed E-state index contributed by atoms with van der Waals surface area (Å²) < 4.78 is 3.10. The third-order valence-electron chi connectivity index (χ3n) is 0.967. The van der Waals surface area contributed by atoms with Gasteiger partial charge in [0.15, 0.2) is 0 Å². The van der Waals surface area contributed by atoms with E-state index in [2.05, 4.69) is 34.5 Å². The molecule has 0 amide bonds. The molecule has 3 heteroatoms. The molecule has 0 aliphatic heterocycles. The van der Waals surface area contributed by atoms with Gasteiger partial charge in [-0.15, -0.1) is 0 Å². The lowest BCUT2D eigenvalue weighted by Crippen LogP contribution is -1.86. The maximum atomic E-state index is 4.04. The number of hydrogen-bond donors (Lipinski definition) is 0. The molecule has 0 radical (unpaired) electrons. The van der Waals surface area contributed by atoms with Gasteiger partial charge in [-0.1, -0.05) is 0 Å². The first-order chi connectivity index (χ1) is 3.83. The lowest BCUT2D eigenvalue weighted by molar-refractivity contribution is 0.761. The van der Waals surface area contributed by atoms with Crippen molar-refractivity contribution in [1.29, 1.82) is 0 Å². The normalized spacial score (nSPS) is 9.75. The smallest absolute Gasteiger partial charge is 0.119 e. The average Bonchev–Trinajstić information content (AvgIpc) is 2.14. The summed E-state index contributed by atoms with van der Waals surface area (Å²) in [6.07, 6.45) is 3.85. The zero-order valence-corrected chi connectivity index (χ0v) is 6.79.